The number of hydrogen-bond acceptors (Lipinski definition) is 6. The number of nitrogens with zero attached hydrogens (tertiary/aromatic N) is 2. The maximum Gasteiger partial charge on any atom is 0.243 e. The van der Waals surface area contributed by atoms with Crippen LogP contribution < -0.4 is 10.1 Å². The van der Waals surface area contributed by atoms with Gasteiger partial charge in [-0.05, 0) is 67.9 Å². The van der Waals surface area contributed by atoms with E-state index in [0.717, 1.165) is 36.9 Å². The van der Waals surface area contributed by atoms with Gasteiger partial charge in [0, 0.05) is 30.0 Å². The summed E-state index contributed by atoms with van der Waals surface area (Å²) in [6.45, 7) is 5.01. The summed E-state index contributed by atoms with van der Waals surface area (Å²) in [7, 11) is -3.52. The molecule has 0 bridgehead atoms. The first-order valence-electron chi connectivity index (χ1n) is 12.0. The fraction of sp³-hybridized carbons (Fsp3) is 0.480. The van der Waals surface area contributed by atoms with Crippen molar-refractivity contribution in [3.05, 3.63) is 58.6 Å². The Morgan fingerprint density at radius 2 is 1.66 bits per heavy atom. The molecule has 8 nitrogen and oxygen atoms in total. The molecule has 0 aliphatic carbocycles. The van der Waals surface area contributed by atoms with Crippen LogP contribution in [-0.2, 0) is 26.1 Å². The second-order valence-corrected chi connectivity index (χ2v) is 11.7. The first-order valence-corrected chi connectivity index (χ1v) is 14.2. The third-order valence-corrected chi connectivity index (χ3v) is 8.82. The van der Waals surface area contributed by atoms with Crippen molar-refractivity contribution in [2.75, 3.05) is 52.5 Å². The number of piperidine rings is 1. The zero-order valence-electron chi connectivity index (χ0n) is 19.7. The smallest absolute Gasteiger partial charge is 0.243 e. The number of benzene rings is 2. The molecule has 0 unspecified atom stereocenters. The molecule has 1 amide bonds. The van der Waals surface area contributed by atoms with Crippen molar-refractivity contribution in [2.24, 2.45) is 5.92 Å². The summed E-state index contributed by atoms with van der Waals surface area (Å²) in [4.78, 5) is 15.2. The molecule has 0 saturated carbocycles. The van der Waals surface area contributed by atoms with Gasteiger partial charge in [-0.3, -0.25) is 9.69 Å². The first kappa shape index (κ1) is 26.1. The van der Waals surface area contributed by atoms with E-state index < -0.39 is 10.0 Å². The van der Waals surface area contributed by atoms with Crippen LogP contribution in [0.5, 0.6) is 5.75 Å². The van der Waals surface area contributed by atoms with Crippen molar-refractivity contribution in [2.45, 2.75) is 24.3 Å². The molecule has 10 heteroatoms. The predicted octanol–water partition coefficient (Wildman–Crippen LogP) is 2.88. The monoisotopic (exact) mass is 565 g/mol. The Morgan fingerprint density at radius 3 is 2.31 bits per heavy atom. The highest BCUT2D eigenvalue weighted by Gasteiger charge is 2.26. The Balaban J connectivity index is 1.15. The van der Waals surface area contributed by atoms with Crippen molar-refractivity contribution in [3.63, 3.8) is 0 Å². The lowest BCUT2D eigenvalue weighted by molar-refractivity contribution is -0.126. The van der Waals surface area contributed by atoms with Crippen LogP contribution in [-0.4, -0.2) is 76.1 Å². The van der Waals surface area contributed by atoms with Gasteiger partial charge in [-0.2, -0.15) is 4.31 Å². The standard InChI is InChI=1S/C25H32BrN3O5S/c26-22-3-1-20(2-4-22)19-28-12-9-21(10-13-28)25(30)27-11-16-34-23-5-7-24(8-6-23)35(31,32)29-14-17-33-18-15-29/h1-8,21H,9-19H2,(H,27,30). The number of likely N-dealkylation sites (tertiary alicyclic amines) is 1. The minimum absolute atomic E-state index is 0.0286. The summed E-state index contributed by atoms with van der Waals surface area (Å²) in [5, 5.41) is 2.97. The second kappa shape index (κ2) is 12.3. The molecule has 2 heterocycles. The molecule has 2 aromatic carbocycles. The number of amides is 1. The molecule has 2 aromatic rings. The molecule has 4 rings (SSSR count). The van der Waals surface area contributed by atoms with Crippen molar-refractivity contribution >= 4 is 31.9 Å². The Morgan fingerprint density at radius 1 is 1.00 bits per heavy atom. The Hall–Kier alpha value is -1.98. The lowest BCUT2D eigenvalue weighted by atomic mass is 9.95. The minimum Gasteiger partial charge on any atom is -0.492 e. The minimum atomic E-state index is -3.52. The molecule has 0 spiro atoms. The summed E-state index contributed by atoms with van der Waals surface area (Å²) in [5.74, 6) is 0.672. The molecular weight excluding hydrogens is 534 g/mol. The van der Waals surface area contributed by atoms with Crippen LogP contribution in [0.1, 0.15) is 18.4 Å². The number of nitrogens with one attached hydrogen (secondary N) is 1. The highest BCUT2D eigenvalue weighted by atomic mass is 79.9. The maximum atomic E-state index is 12.7. The number of carbonyl (C=O) groups is 1. The normalized spacial score (nSPS) is 18.3. The Kier molecular flexibility index (Phi) is 9.18. The summed E-state index contributed by atoms with van der Waals surface area (Å²) in [6, 6.07) is 14.8. The Labute approximate surface area is 215 Å². The largest absolute Gasteiger partial charge is 0.492 e. The van der Waals surface area contributed by atoms with E-state index in [-0.39, 0.29) is 16.7 Å². The fourth-order valence-corrected chi connectivity index (χ4v) is 6.00. The molecule has 1 N–H and O–H groups in total. The number of hydrogen-bond donors (Lipinski definition) is 1. The van der Waals surface area contributed by atoms with E-state index in [4.69, 9.17) is 9.47 Å². The van der Waals surface area contributed by atoms with Crippen molar-refractivity contribution < 1.29 is 22.7 Å². The summed E-state index contributed by atoms with van der Waals surface area (Å²) in [5.41, 5.74) is 1.28. The summed E-state index contributed by atoms with van der Waals surface area (Å²) < 4.78 is 38.8. The van der Waals surface area contributed by atoms with Crippen LogP contribution in [0.3, 0.4) is 0 Å². The van der Waals surface area contributed by atoms with E-state index in [1.807, 2.05) is 0 Å². The predicted molar refractivity (Wildman–Crippen MR) is 137 cm³/mol. The number of ether oxygens (including phenoxy) is 2. The van der Waals surface area contributed by atoms with Gasteiger partial charge in [0.2, 0.25) is 15.9 Å². The summed E-state index contributed by atoms with van der Waals surface area (Å²) in [6.07, 6.45) is 1.70. The summed E-state index contributed by atoms with van der Waals surface area (Å²) >= 11 is 3.46. The zero-order chi connectivity index (χ0) is 24.7. The van der Waals surface area contributed by atoms with Crippen LogP contribution in [0.15, 0.2) is 57.9 Å². The van der Waals surface area contributed by atoms with Gasteiger partial charge in [0.25, 0.3) is 0 Å². The third kappa shape index (κ3) is 7.27. The van der Waals surface area contributed by atoms with Gasteiger partial charge >= 0.3 is 0 Å². The van der Waals surface area contributed by atoms with E-state index >= 15 is 0 Å². The van der Waals surface area contributed by atoms with Gasteiger partial charge in [0.05, 0.1) is 24.7 Å². The fourth-order valence-electron chi connectivity index (χ4n) is 4.33. The van der Waals surface area contributed by atoms with Crippen LogP contribution in [0.4, 0.5) is 0 Å². The SMILES string of the molecule is O=C(NCCOc1ccc(S(=O)(=O)N2CCOCC2)cc1)C1CCN(Cc2ccc(Br)cc2)CC1. The van der Waals surface area contributed by atoms with E-state index in [1.54, 1.807) is 24.3 Å². The number of rotatable bonds is 9. The van der Waals surface area contributed by atoms with E-state index in [0.29, 0.717) is 45.2 Å². The molecule has 0 radical (unpaired) electrons. The molecular formula is C25H32BrN3O5S. The van der Waals surface area contributed by atoms with Crippen LogP contribution in [0.2, 0.25) is 0 Å². The van der Waals surface area contributed by atoms with Gasteiger partial charge < -0.3 is 14.8 Å². The van der Waals surface area contributed by atoms with E-state index in [1.165, 1.54) is 9.87 Å². The average Bonchev–Trinajstić information content (AvgIpc) is 2.89. The number of sulfonamides is 1. The van der Waals surface area contributed by atoms with E-state index in [9.17, 15) is 13.2 Å². The average molecular weight is 567 g/mol. The highest BCUT2D eigenvalue weighted by molar-refractivity contribution is 9.10. The van der Waals surface area contributed by atoms with Crippen molar-refractivity contribution in [1.29, 1.82) is 0 Å². The highest BCUT2D eigenvalue weighted by Crippen LogP contribution is 2.22. The van der Waals surface area contributed by atoms with Gasteiger partial charge in [0.15, 0.2) is 0 Å². The third-order valence-electron chi connectivity index (χ3n) is 6.38. The second-order valence-electron chi connectivity index (χ2n) is 8.80. The van der Waals surface area contributed by atoms with Gasteiger partial charge in [-0.25, -0.2) is 8.42 Å². The molecule has 0 aromatic heterocycles. The maximum absolute atomic E-state index is 12.7. The topological polar surface area (TPSA) is 88.2 Å². The van der Waals surface area contributed by atoms with Gasteiger partial charge in [-0.15, -0.1) is 0 Å². The molecule has 35 heavy (non-hydrogen) atoms. The molecule has 2 fully saturated rings. The lowest BCUT2D eigenvalue weighted by Crippen LogP contribution is -2.41. The van der Waals surface area contributed by atoms with Crippen LogP contribution in [0.25, 0.3) is 0 Å². The van der Waals surface area contributed by atoms with Crippen molar-refractivity contribution in [3.8, 4) is 5.75 Å². The van der Waals surface area contributed by atoms with Gasteiger partial charge in [0.1, 0.15) is 12.4 Å². The van der Waals surface area contributed by atoms with E-state index in [2.05, 4.69) is 50.4 Å². The molecule has 190 valence electrons. The molecule has 2 aliphatic heterocycles. The quantitative estimate of drug-likeness (QED) is 0.470. The molecule has 0 atom stereocenters. The molecule has 2 aliphatic rings. The lowest BCUT2D eigenvalue weighted by Gasteiger charge is -2.31. The number of halogens is 1. The number of carbonyl (C=O) groups excluding carboxylic acids is 1. The first-order chi connectivity index (χ1) is 16.9. The van der Waals surface area contributed by atoms with Crippen molar-refractivity contribution in [1.82, 2.24) is 14.5 Å². The number of morpholine rings is 1. The van der Waals surface area contributed by atoms with Crippen LogP contribution >= 0.6 is 15.9 Å². The van der Waals surface area contributed by atoms with Crippen LogP contribution in [0, 0.1) is 5.92 Å². The molecule has 2 saturated heterocycles. The zero-order valence-corrected chi connectivity index (χ0v) is 22.1. The Bertz CT molecular complexity index is 1070. The van der Waals surface area contributed by atoms with Gasteiger partial charge in [-0.1, -0.05) is 28.1 Å².